The maximum Gasteiger partial charge on any atom is 0.255 e. The number of hydrogen-bond acceptors (Lipinski definition) is 12. The van der Waals surface area contributed by atoms with Gasteiger partial charge in [-0.3, -0.25) is 39.1 Å². The Balaban J connectivity index is 0.714. The topological polar surface area (TPSA) is 169 Å². The van der Waals surface area contributed by atoms with Crippen molar-refractivity contribution in [3.8, 4) is 5.75 Å². The second-order valence-corrected chi connectivity index (χ2v) is 18.3. The van der Waals surface area contributed by atoms with E-state index in [0.29, 0.717) is 71.4 Å². The molecule has 342 valence electrons. The Kier molecular flexibility index (Phi) is 14.9. The molecule has 3 saturated heterocycles. The van der Waals surface area contributed by atoms with Crippen LogP contribution in [0.15, 0.2) is 71.9 Å². The van der Waals surface area contributed by atoms with Gasteiger partial charge >= 0.3 is 0 Å². The van der Waals surface area contributed by atoms with E-state index in [1.54, 1.807) is 34.9 Å². The highest BCUT2D eigenvalue weighted by Crippen LogP contribution is 2.36. The molecule has 18 heteroatoms. The molecule has 0 saturated carbocycles. The van der Waals surface area contributed by atoms with Crippen LogP contribution in [0.2, 0.25) is 5.02 Å². The fourth-order valence-electron chi connectivity index (χ4n) is 9.04. The van der Waals surface area contributed by atoms with Crippen molar-refractivity contribution in [1.82, 2.24) is 34.9 Å². The monoisotopic (exact) mass is 925 g/mol. The van der Waals surface area contributed by atoms with E-state index >= 15 is 0 Å². The lowest BCUT2D eigenvalue weighted by molar-refractivity contribution is -0.137. The highest BCUT2D eigenvalue weighted by molar-refractivity contribution is 7.99. The summed E-state index contributed by atoms with van der Waals surface area (Å²) in [6.45, 7) is 6.11. The molecule has 8 rings (SSSR count). The number of imide groups is 1. The van der Waals surface area contributed by atoms with E-state index in [9.17, 15) is 28.4 Å². The largest absolute Gasteiger partial charge is 0.494 e. The van der Waals surface area contributed by atoms with Gasteiger partial charge in [0.05, 0.1) is 23.3 Å². The summed E-state index contributed by atoms with van der Waals surface area (Å²) in [6, 6.07) is 13.3. The summed E-state index contributed by atoms with van der Waals surface area (Å²) in [7, 11) is 1.52. The molecule has 3 N–H and O–H groups in total. The summed E-state index contributed by atoms with van der Waals surface area (Å²) in [4.78, 5) is 81.6. The Morgan fingerprint density at radius 1 is 0.985 bits per heavy atom. The first-order valence-electron chi connectivity index (χ1n) is 22.2. The first kappa shape index (κ1) is 45.9. The zero-order chi connectivity index (χ0) is 45.5. The Morgan fingerprint density at radius 2 is 1.80 bits per heavy atom. The summed E-state index contributed by atoms with van der Waals surface area (Å²) in [5.41, 5.74) is 3.16. The van der Waals surface area contributed by atoms with Crippen LogP contribution in [-0.2, 0) is 25.7 Å². The minimum atomic E-state index is -0.625. The number of anilines is 3. The fourth-order valence-corrected chi connectivity index (χ4v) is 10.3. The molecular weight excluding hydrogens is 873 g/mol. The normalized spacial score (nSPS) is 18.6. The highest BCUT2D eigenvalue weighted by atomic mass is 35.5. The van der Waals surface area contributed by atoms with E-state index in [0.717, 1.165) is 87.6 Å². The molecule has 3 aromatic carbocycles. The quantitative estimate of drug-likeness (QED) is 0.0491. The van der Waals surface area contributed by atoms with Gasteiger partial charge in [-0.1, -0.05) is 30.2 Å². The average molecular weight is 927 g/mol. The number of rotatable bonds is 16. The lowest BCUT2D eigenvalue weighted by Gasteiger charge is -2.42. The van der Waals surface area contributed by atoms with Crippen molar-refractivity contribution in [2.75, 3.05) is 69.3 Å². The molecule has 0 radical (unpaired) electrons. The number of aromatic nitrogens is 2. The summed E-state index contributed by atoms with van der Waals surface area (Å²) in [6.07, 6.45) is 10.7. The average Bonchev–Trinajstić information content (AvgIpc) is 3.64. The second-order valence-electron chi connectivity index (χ2n) is 16.7. The summed E-state index contributed by atoms with van der Waals surface area (Å²) >= 11 is 7.68. The van der Waals surface area contributed by atoms with Gasteiger partial charge in [0, 0.05) is 91.8 Å². The molecule has 0 spiro atoms. The summed E-state index contributed by atoms with van der Waals surface area (Å²) in [5, 5.41) is 9.04. The predicted octanol–water partition coefficient (Wildman–Crippen LogP) is 6.39. The maximum absolute atomic E-state index is 13.7. The van der Waals surface area contributed by atoms with Gasteiger partial charge in [-0.25, -0.2) is 14.4 Å². The molecule has 4 aliphatic heterocycles. The van der Waals surface area contributed by atoms with Crippen LogP contribution in [0.3, 0.4) is 0 Å². The Bertz CT molecular complexity index is 2480. The minimum Gasteiger partial charge on any atom is -0.494 e. The zero-order valence-corrected chi connectivity index (χ0v) is 37.9. The molecule has 1 unspecified atom stereocenters. The third-order valence-corrected chi connectivity index (χ3v) is 14.1. The molecule has 5 heterocycles. The van der Waals surface area contributed by atoms with Crippen molar-refractivity contribution in [3.05, 3.63) is 89.0 Å². The van der Waals surface area contributed by atoms with Crippen LogP contribution in [0.25, 0.3) is 10.9 Å². The minimum absolute atomic E-state index is 0.0188. The number of amides is 5. The number of piperidine rings is 2. The third kappa shape index (κ3) is 11.1. The number of likely N-dealkylation sites (tertiary alicyclic amines) is 1. The molecule has 0 bridgehead atoms. The lowest BCUT2D eigenvalue weighted by atomic mass is 10.0. The lowest BCUT2D eigenvalue weighted by Crippen LogP contribution is -2.54. The number of nitrogens with zero attached hydrogens (tertiary/aromatic N) is 6. The number of hydrogen-bond donors (Lipinski definition) is 3. The second kappa shape index (κ2) is 21.1. The van der Waals surface area contributed by atoms with E-state index in [1.165, 1.54) is 31.6 Å². The van der Waals surface area contributed by atoms with Gasteiger partial charge < -0.3 is 25.2 Å². The predicted molar refractivity (Wildman–Crippen MR) is 248 cm³/mol. The number of fused-ring (bicyclic) bond motifs is 2. The molecule has 0 aliphatic carbocycles. The number of piperazine rings is 1. The summed E-state index contributed by atoms with van der Waals surface area (Å²) in [5.74, 6) is 0.315. The molecule has 3 fully saturated rings. The van der Waals surface area contributed by atoms with Gasteiger partial charge in [0.2, 0.25) is 23.6 Å². The van der Waals surface area contributed by atoms with E-state index in [2.05, 4.69) is 35.7 Å². The zero-order valence-electron chi connectivity index (χ0n) is 36.3. The van der Waals surface area contributed by atoms with E-state index in [4.69, 9.17) is 16.3 Å². The number of halogens is 2. The Morgan fingerprint density at radius 3 is 2.57 bits per heavy atom. The smallest absolute Gasteiger partial charge is 0.255 e. The van der Waals surface area contributed by atoms with Crippen molar-refractivity contribution < 1.29 is 33.1 Å². The van der Waals surface area contributed by atoms with Crippen molar-refractivity contribution in [2.45, 2.75) is 74.9 Å². The number of thioether (sulfide) groups is 1. The molecule has 4 aromatic rings. The number of methoxy groups -OCH3 is 1. The number of carbonyl (C=O) groups is 5. The number of unbranched alkanes of at least 4 members (excludes halogenated alkanes) is 2. The van der Waals surface area contributed by atoms with Gasteiger partial charge in [0.15, 0.2) is 0 Å². The number of carbonyl (C=O) groups excluding carboxylic acids is 5. The molecule has 1 aromatic heterocycles. The Labute approximate surface area is 386 Å². The first-order chi connectivity index (χ1) is 31.5. The van der Waals surface area contributed by atoms with Crippen molar-refractivity contribution in [3.63, 3.8) is 0 Å². The molecule has 1 atom stereocenters. The number of nitrogens with one attached hydrogen (secondary N) is 3. The van der Waals surface area contributed by atoms with Gasteiger partial charge in [-0.05, 0) is 92.9 Å². The van der Waals surface area contributed by atoms with Gasteiger partial charge in [0.1, 0.15) is 29.8 Å². The molecule has 65 heavy (non-hydrogen) atoms. The van der Waals surface area contributed by atoms with Crippen LogP contribution < -0.4 is 20.7 Å². The van der Waals surface area contributed by atoms with Crippen LogP contribution >= 0.6 is 23.4 Å². The summed E-state index contributed by atoms with van der Waals surface area (Å²) < 4.78 is 19.3. The first-order valence-corrected chi connectivity index (χ1v) is 23.6. The van der Waals surface area contributed by atoms with Gasteiger partial charge in [-0.2, -0.15) is 0 Å². The Hall–Kier alpha value is -5.62. The highest BCUT2D eigenvalue weighted by Gasteiger charge is 2.40. The van der Waals surface area contributed by atoms with E-state index in [1.807, 2.05) is 29.2 Å². The molecule has 5 amide bonds. The van der Waals surface area contributed by atoms with Crippen LogP contribution in [0, 0.1) is 5.82 Å². The number of ether oxygens (including phenoxy) is 1. The van der Waals surface area contributed by atoms with Crippen LogP contribution in [-0.4, -0.2) is 130 Å². The third-order valence-electron chi connectivity index (χ3n) is 12.6. The molecule has 4 aliphatic rings. The fraction of sp³-hybridized carbons (Fsp3) is 0.426. The number of benzene rings is 3. The standard InChI is InChI=1S/C47H53ClFN9O6S/c1-64-40-27-37-33(45(51-29-50-37)52-30-11-12-36(49)35(48)25-30)26-38(40)53-42(59)9-6-17-55-18-15-31(16-19-55)56-20-22-57(23-21-56)44(61)10-3-2-4-24-65-41-8-5-7-32-34(41)28-58(47(32)63)39-13-14-43(60)54-46(39)62/h5-9,11-12,25-27,29,31,39H,2-4,10,13-24,28H2,1H3,(H,53,59)(H,50,51,52)(H,54,60,62)/b9-6+. The molecular formula is C47H53ClFN9O6S. The molecule has 15 nitrogen and oxygen atoms in total. The maximum atomic E-state index is 13.7. The SMILES string of the molecule is COc1cc2ncnc(Nc3ccc(F)c(Cl)c3)c2cc1NC(=O)/C=C/CN1CCC(N2CCN(C(=O)CCCCCSc3cccc4c3CN(C3CCC(=O)NC3=O)C4=O)CC2)CC1. The van der Waals surface area contributed by atoms with Gasteiger partial charge in [-0.15, -0.1) is 11.8 Å². The van der Waals surface area contributed by atoms with Crippen LogP contribution in [0.5, 0.6) is 5.75 Å². The van der Waals surface area contributed by atoms with Crippen molar-refractivity contribution in [1.29, 1.82) is 0 Å². The van der Waals surface area contributed by atoms with Crippen molar-refractivity contribution in [2.24, 2.45) is 0 Å². The van der Waals surface area contributed by atoms with E-state index in [-0.39, 0.29) is 35.1 Å². The van der Waals surface area contributed by atoms with E-state index < -0.39 is 17.8 Å². The van der Waals surface area contributed by atoms with Crippen LogP contribution in [0.1, 0.15) is 67.3 Å². The van der Waals surface area contributed by atoms with Gasteiger partial charge in [0.25, 0.3) is 5.91 Å². The van der Waals surface area contributed by atoms with Crippen molar-refractivity contribution >= 4 is 81.0 Å². The van der Waals surface area contributed by atoms with Crippen LogP contribution in [0.4, 0.5) is 21.6 Å².